The molecular formula is C27H33N5O2S2. The zero-order valence-electron chi connectivity index (χ0n) is 21.7. The highest BCUT2D eigenvalue weighted by Gasteiger charge is 2.32. The number of ether oxygens (including phenoxy) is 1. The normalized spacial score (nSPS) is 16.2. The summed E-state index contributed by atoms with van der Waals surface area (Å²) in [6.07, 6.45) is 2.64. The average Bonchev–Trinajstić information content (AvgIpc) is 3.35. The number of thioether (sulfide) groups is 1. The number of aryl methyl sites for hydroxylation is 1. The van der Waals surface area contributed by atoms with Gasteiger partial charge in [-0.25, -0.2) is 0 Å². The Balaban J connectivity index is 1.38. The molecule has 0 aliphatic heterocycles. The Morgan fingerprint density at radius 2 is 2.17 bits per heavy atom. The van der Waals surface area contributed by atoms with E-state index in [0.717, 1.165) is 36.1 Å². The van der Waals surface area contributed by atoms with Crippen LogP contribution in [0.2, 0.25) is 0 Å². The number of thiophene rings is 1. The molecule has 1 amide bonds. The van der Waals surface area contributed by atoms with E-state index in [9.17, 15) is 10.1 Å². The summed E-state index contributed by atoms with van der Waals surface area (Å²) in [5.74, 6) is 2.06. The van der Waals surface area contributed by atoms with Gasteiger partial charge in [0, 0.05) is 11.9 Å². The van der Waals surface area contributed by atoms with Gasteiger partial charge < -0.3 is 14.6 Å². The second-order valence-electron chi connectivity index (χ2n) is 10.4. The molecule has 2 unspecified atom stereocenters. The van der Waals surface area contributed by atoms with Crippen LogP contribution in [0.3, 0.4) is 0 Å². The van der Waals surface area contributed by atoms with Gasteiger partial charge in [0.25, 0.3) is 0 Å². The van der Waals surface area contributed by atoms with Crippen molar-refractivity contribution >= 4 is 34.0 Å². The molecule has 3 aromatic rings. The van der Waals surface area contributed by atoms with Crippen molar-refractivity contribution in [1.29, 1.82) is 5.26 Å². The number of benzene rings is 1. The van der Waals surface area contributed by atoms with Crippen LogP contribution in [-0.2, 0) is 24.7 Å². The molecule has 0 saturated carbocycles. The number of nitriles is 1. The number of nitrogens with one attached hydrogen (secondary N) is 1. The minimum absolute atomic E-state index is 0.156. The molecule has 36 heavy (non-hydrogen) atoms. The van der Waals surface area contributed by atoms with Crippen molar-refractivity contribution in [1.82, 2.24) is 14.8 Å². The molecular weight excluding hydrogens is 490 g/mol. The van der Waals surface area contributed by atoms with Gasteiger partial charge in [-0.05, 0) is 67.7 Å². The van der Waals surface area contributed by atoms with Gasteiger partial charge in [-0.15, -0.1) is 21.5 Å². The first-order chi connectivity index (χ1) is 17.1. The number of rotatable bonds is 7. The molecule has 1 aromatic carbocycles. The van der Waals surface area contributed by atoms with Crippen LogP contribution >= 0.6 is 23.1 Å². The number of hydrogen-bond acceptors (Lipinski definition) is 7. The lowest BCUT2D eigenvalue weighted by Gasteiger charge is -2.33. The van der Waals surface area contributed by atoms with Crippen LogP contribution in [0, 0.1) is 29.6 Å². The Morgan fingerprint density at radius 3 is 2.86 bits per heavy atom. The quantitative estimate of drug-likeness (QED) is 0.377. The Kier molecular flexibility index (Phi) is 7.76. The largest absolute Gasteiger partial charge is 0.483 e. The van der Waals surface area contributed by atoms with E-state index >= 15 is 0 Å². The van der Waals surface area contributed by atoms with Crippen molar-refractivity contribution in [2.24, 2.45) is 18.4 Å². The number of hydrogen-bond donors (Lipinski definition) is 1. The predicted octanol–water partition coefficient (Wildman–Crippen LogP) is 6.08. The molecule has 2 heterocycles. The van der Waals surface area contributed by atoms with Crippen LogP contribution in [0.1, 0.15) is 67.6 Å². The summed E-state index contributed by atoms with van der Waals surface area (Å²) in [7, 11) is 1.87. The van der Waals surface area contributed by atoms with Gasteiger partial charge >= 0.3 is 0 Å². The molecule has 1 aliphatic carbocycles. The van der Waals surface area contributed by atoms with E-state index in [2.05, 4.69) is 42.4 Å². The molecule has 0 bridgehead atoms. The first-order valence-electron chi connectivity index (χ1n) is 12.2. The first kappa shape index (κ1) is 26.2. The van der Waals surface area contributed by atoms with Gasteiger partial charge in [0.1, 0.15) is 16.8 Å². The summed E-state index contributed by atoms with van der Waals surface area (Å²) in [6.45, 7) is 10.8. The van der Waals surface area contributed by atoms with Crippen molar-refractivity contribution in [2.75, 3.05) is 11.1 Å². The maximum Gasteiger partial charge on any atom is 0.235 e. The van der Waals surface area contributed by atoms with E-state index < -0.39 is 0 Å². The number of fused-ring (bicyclic) bond motifs is 1. The first-order valence-corrected chi connectivity index (χ1v) is 14.0. The summed E-state index contributed by atoms with van der Waals surface area (Å²) in [5, 5.41) is 22.6. The van der Waals surface area contributed by atoms with Crippen molar-refractivity contribution in [2.45, 2.75) is 65.1 Å². The Hall–Kier alpha value is -2.83. The fourth-order valence-electron chi connectivity index (χ4n) is 4.58. The minimum Gasteiger partial charge on any atom is -0.483 e. The average molecular weight is 524 g/mol. The fourth-order valence-corrected chi connectivity index (χ4v) is 6.59. The second-order valence-corrected chi connectivity index (χ2v) is 12.5. The third-order valence-electron chi connectivity index (χ3n) is 6.72. The standard InChI is InChI=1S/C27H33N5O2S2/c1-16-8-7-9-19(12-16)34-17(2)24-30-31-26(32(24)6)35-15-23(33)29-25-21(14-28)20-11-10-18(27(3,4)5)13-22(20)36-25/h7-9,12,17-18H,10-11,13,15H2,1-6H3,(H,29,33). The number of carbonyl (C=O) groups excluding carboxylic acids is 1. The fraction of sp³-hybridized carbons (Fsp3) is 0.481. The Bertz CT molecular complexity index is 1300. The summed E-state index contributed by atoms with van der Waals surface area (Å²) in [4.78, 5) is 14.0. The van der Waals surface area contributed by atoms with Gasteiger partial charge in [-0.1, -0.05) is 44.7 Å². The van der Waals surface area contributed by atoms with E-state index in [1.807, 2.05) is 49.7 Å². The van der Waals surface area contributed by atoms with Crippen molar-refractivity contribution < 1.29 is 9.53 Å². The number of anilines is 1. The van der Waals surface area contributed by atoms with E-state index in [-0.39, 0.29) is 23.2 Å². The summed E-state index contributed by atoms with van der Waals surface area (Å²) in [5.41, 5.74) is 3.10. The molecule has 0 spiro atoms. The van der Waals surface area contributed by atoms with E-state index in [0.29, 0.717) is 27.5 Å². The molecule has 190 valence electrons. The van der Waals surface area contributed by atoms with Gasteiger partial charge in [0.2, 0.25) is 5.91 Å². The van der Waals surface area contributed by atoms with Crippen LogP contribution in [0.4, 0.5) is 5.00 Å². The highest BCUT2D eigenvalue weighted by Crippen LogP contribution is 2.44. The molecule has 4 rings (SSSR count). The molecule has 1 N–H and O–H groups in total. The van der Waals surface area contributed by atoms with E-state index in [1.54, 1.807) is 11.3 Å². The minimum atomic E-state index is -0.292. The van der Waals surface area contributed by atoms with Gasteiger partial charge in [0.15, 0.2) is 17.1 Å². The second kappa shape index (κ2) is 10.7. The molecule has 2 aromatic heterocycles. The van der Waals surface area contributed by atoms with Crippen molar-refractivity contribution in [3.8, 4) is 11.8 Å². The maximum absolute atomic E-state index is 12.8. The molecule has 0 saturated heterocycles. The number of amides is 1. The monoisotopic (exact) mass is 523 g/mol. The molecule has 2 atom stereocenters. The molecule has 1 aliphatic rings. The Labute approximate surface area is 221 Å². The molecule has 7 nitrogen and oxygen atoms in total. The van der Waals surface area contributed by atoms with Gasteiger partial charge in [-0.3, -0.25) is 4.79 Å². The zero-order valence-corrected chi connectivity index (χ0v) is 23.3. The lowest BCUT2D eigenvalue weighted by molar-refractivity contribution is -0.113. The SMILES string of the molecule is Cc1cccc(OC(C)c2nnc(SCC(=O)Nc3sc4c(c3C#N)CCC(C(C)(C)C)C4)n2C)c1. The van der Waals surface area contributed by atoms with Gasteiger partial charge in [-0.2, -0.15) is 5.26 Å². The lowest BCUT2D eigenvalue weighted by atomic mass is 9.72. The number of aromatic nitrogens is 3. The third kappa shape index (κ3) is 5.76. The van der Waals surface area contributed by atoms with Crippen molar-refractivity contribution in [3.63, 3.8) is 0 Å². The zero-order chi connectivity index (χ0) is 26.0. The third-order valence-corrected chi connectivity index (χ3v) is 8.91. The van der Waals surface area contributed by atoms with Crippen LogP contribution in [0.25, 0.3) is 0 Å². The van der Waals surface area contributed by atoms with Crippen LogP contribution in [-0.4, -0.2) is 26.4 Å². The highest BCUT2D eigenvalue weighted by atomic mass is 32.2. The van der Waals surface area contributed by atoms with Crippen LogP contribution in [0.5, 0.6) is 5.75 Å². The molecule has 0 fully saturated rings. The summed E-state index contributed by atoms with van der Waals surface area (Å²) in [6, 6.07) is 10.2. The Morgan fingerprint density at radius 1 is 1.39 bits per heavy atom. The lowest BCUT2D eigenvalue weighted by Crippen LogP contribution is -2.26. The molecule has 0 radical (unpaired) electrons. The van der Waals surface area contributed by atoms with E-state index in [4.69, 9.17) is 4.74 Å². The van der Waals surface area contributed by atoms with Crippen LogP contribution in [0.15, 0.2) is 29.4 Å². The van der Waals surface area contributed by atoms with Crippen LogP contribution < -0.4 is 10.1 Å². The number of carbonyl (C=O) groups is 1. The van der Waals surface area contributed by atoms with Gasteiger partial charge in [0.05, 0.1) is 11.3 Å². The predicted molar refractivity (Wildman–Crippen MR) is 145 cm³/mol. The molecule has 9 heteroatoms. The topological polar surface area (TPSA) is 92.8 Å². The van der Waals surface area contributed by atoms with E-state index in [1.165, 1.54) is 16.6 Å². The smallest absolute Gasteiger partial charge is 0.235 e. The van der Waals surface area contributed by atoms with Crippen molar-refractivity contribution in [3.05, 3.63) is 51.7 Å². The summed E-state index contributed by atoms with van der Waals surface area (Å²) >= 11 is 2.87. The number of nitrogens with zero attached hydrogens (tertiary/aromatic N) is 4. The highest BCUT2D eigenvalue weighted by molar-refractivity contribution is 7.99. The summed E-state index contributed by atoms with van der Waals surface area (Å²) < 4.78 is 7.89. The maximum atomic E-state index is 12.8.